The molecule has 2 aromatic rings. The van der Waals surface area contributed by atoms with Gasteiger partial charge in [-0.3, -0.25) is 14.4 Å². The monoisotopic (exact) mass is 463 g/mol. The number of ketones is 1. The first kappa shape index (κ1) is 24.2. The largest absolute Gasteiger partial charge is 0.354 e. The van der Waals surface area contributed by atoms with Gasteiger partial charge in [-0.15, -0.1) is 0 Å². The van der Waals surface area contributed by atoms with Gasteiger partial charge in [0, 0.05) is 17.7 Å². The molecule has 2 atom stereocenters. The molecule has 1 aromatic heterocycles. The molecule has 34 heavy (non-hydrogen) atoms. The molecule has 0 fully saturated rings. The van der Waals surface area contributed by atoms with E-state index < -0.39 is 6.04 Å². The van der Waals surface area contributed by atoms with Gasteiger partial charge in [-0.1, -0.05) is 57.9 Å². The Balaban J connectivity index is 1.52. The van der Waals surface area contributed by atoms with E-state index in [4.69, 9.17) is 0 Å². The lowest BCUT2D eigenvalue weighted by Gasteiger charge is -2.28. The lowest BCUT2D eigenvalue weighted by molar-refractivity contribution is -0.124. The Morgan fingerprint density at radius 1 is 1.21 bits per heavy atom. The SMILES string of the molecule is CCCCC(NC(=O)c1[nH]c2c(c1C)C(=O)CC(C)(C)C2)C(=O)N[C@@H]1CCCc2ccccc21. The van der Waals surface area contributed by atoms with Crippen LogP contribution in [0.25, 0.3) is 0 Å². The summed E-state index contributed by atoms with van der Waals surface area (Å²) >= 11 is 0. The number of aromatic amines is 1. The van der Waals surface area contributed by atoms with Crippen molar-refractivity contribution in [2.45, 2.75) is 91.1 Å². The number of hydrogen-bond acceptors (Lipinski definition) is 3. The molecule has 1 unspecified atom stereocenters. The maximum absolute atomic E-state index is 13.3. The lowest BCUT2D eigenvalue weighted by Crippen LogP contribution is -2.48. The smallest absolute Gasteiger partial charge is 0.268 e. The Labute approximate surface area is 202 Å². The van der Waals surface area contributed by atoms with Gasteiger partial charge >= 0.3 is 0 Å². The quantitative estimate of drug-likeness (QED) is 0.542. The fraction of sp³-hybridized carbons (Fsp3) is 0.536. The maximum Gasteiger partial charge on any atom is 0.268 e. The number of rotatable bonds is 7. The highest BCUT2D eigenvalue weighted by Gasteiger charge is 2.36. The summed E-state index contributed by atoms with van der Waals surface area (Å²) in [5.74, 6) is -0.386. The van der Waals surface area contributed by atoms with Crippen LogP contribution < -0.4 is 10.6 Å². The third-order valence-corrected chi connectivity index (χ3v) is 7.28. The molecular formula is C28H37N3O3. The highest BCUT2D eigenvalue weighted by Crippen LogP contribution is 2.36. The van der Waals surface area contributed by atoms with Crippen molar-refractivity contribution in [3.63, 3.8) is 0 Å². The number of H-pyrrole nitrogens is 1. The van der Waals surface area contributed by atoms with Crippen LogP contribution in [0.15, 0.2) is 24.3 Å². The van der Waals surface area contributed by atoms with Gasteiger partial charge < -0.3 is 15.6 Å². The molecule has 182 valence electrons. The second-order valence-electron chi connectivity index (χ2n) is 10.7. The zero-order chi connectivity index (χ0) is 24.5. The number of benzene rings is 1. The van der Waals surface area contributed by atoms with E-state index in [0.29, 0.717) is 29.7 Å². The minimum atomic E-state index is -0.617. The van der Waals surface area contributed by atoms with Crippen molar-refractivity contribution in [2.75, 3.05) is 0 Å². The van der Waals surface area contributed by atoms with Gasteiger partial charge in [-0.25, -0.2) is 0 Å². The number of Topliss-reactive ketones (excluding diaryl/α,β-unsaturated/α-hetero) is 1. The van der Waals surface area contributed by atoms with Crippen molar-refractivity contribution >= 4 is 17.6 Å². The Bertz CT molecular complexity index is 1100. The second-order valence-corrected chi connectivity index (χ2v) is 10.7. The van der Waals surface area contributed by atoms with E-state index in [1.165, 1.54) is 11.1 Å². The number of unbranched alkanes of at least 4 members (excludes halogenated alkanes) is 1. The minimum Gasteiger partial charge on any atom is -0.354 e. The standard InChI is InChI=1S/C28H37N3O3/c1-5-6-13-21(26(33)30-20-14-9-11-18-10-7-8-12-19(18)20)31-27(34)25-17(2)24-22(29-25)15-28(3,4)16-23(24)32/h7-8,10,12,20-21,29H,5-6,9,11,13-16H2,1-4H3,(H,30,33)(H,31,34)/t20-,21?/m1/s1. The van der Waals surface area contributed by atoms with Crippen molar-refractivity contribution in [3.8, 4) is 0 Å². The predicted molar refractivity (Wildman–Crippen MR) is 133 cm³/mol. The Morgan fingerprint density at radius 3 is 2.74 bits per heavy atom. The first-order valence-electron chi connectivity index (χ1n) is 12.6. The van der Waals surface area contributed by atoms with Crippen LogP contribution in [0.1, 0.15) is 109 Å². The highest BCUT2D eigenvalue weighted by molar-refractivity contribution is 6.05. The Kier molecular flexibility index (Phi) is 6.96. The summed E-state index contributed by atoms with van der Waals surface area (Å²) < 4.78 is 0. The molecule has 0 radical (unpaired) electrons. The lowest BCUT2D eigenvalue weighted by atomic mass is 9.75. The molecule has 3 N–H and O–H groups in total. The van der Waals surface area contributed by atoms with Gasteiger partial charge in [-0.05, 0) is 61.1 Å². The number of carbonyl (C=O) groups excluding carboxylic acids is 3. The first-order valence-corrected chi connectivity index (χ1v) is 12.6. The number of carbonyl (C=O) groups is 3. The van der Waals surface area contributed by atoms with E-state index >= 15 is 0 Å². The average Bonchev–Trinajstić information content (AvgIpc) is 3.11. The van der Waals surface area contributed by atoms with Crippen molar-refractivity contribution in [1.29, 1.82) is 0 Å². The first-order chi connectivity index (χ1) is 16.2. The summed E-state index contributed by atoms with van der Waals surface area (Å²) in [6, 6.07) is 7.62. The van der Waals surface area contributed by atoms with Crippen molar-refractivity contribution in [1.82, 2.24) is 15.6 Å². The van der Waals surface area contributed by atoms with Gasteiger partial charge in [0.1, 0.15) is 11.7 Å². The normalized spacial score (nSPS) is 19.6. The third-order valence-electron chi connectivity index (χ3n) is 7.28. The summed E-state index contributed by atoms with van der Waals surface area (Å²) in [5.41, 5.74) is 4.90. The molecule has 1 aromatic carbocycles. The molecular weight excluding hydrogens is 426 g/mol. The van der Waals surface area contributed by atoms with E-state index in [-0.39, 0.29) is 29.1 Å². The second kappa shape index (κ2) is 9.77. The average molecular weight is 464 g/mol. The fourth-order valence-corrected chi connectivity index (χ4v) is 5.54. The summed E-state index contributed by atoms with van der Waals surface area (Å²) in [6.45, 7) is 8.03. The Hall–Kier alpha value is -2.89. The zero-order valence-corrected chi connectivity index (χ0v) is 20.8. The van der Waals surface area contributed by atoms with Gasteiger partial charge in [0.2, 0.25) is 5.91 Å². The highest BCUT2D eigenvalue weighted by atomic mass is 16.2. The van der Waals surface area contributed by atoms with Crippen molar-refractivity contribution in [3.05, 3.63) is 57.9 Å². The molecule has 2 aliphatic rings. The molecule has 0 saturated heterocycles. The molecule has 6 heteroatoms. The molecule has 0 spiro atoms. The predicted octanol–water partition coefficient (Wildman–Crippen LogP) is 4.96. The van der Waals surface area contributed by atoms with E-state index in [1.54, 1.807) is 0 Å². The molecule has 0 bridgehead atoms. The van der Waals surface area contributed by atoms with Gasteiger partial charge in [-0.2, -0.15) is 0 Å². The van der Waals surface area contributed by atoms with Crippen LogP contribution >= 0.6 is 0 Å². The number of hydrogen-bond donors (Lipinski definition) is 3. The summed E-state index contributed by atoms with van der Waals surface area (Å²) in [5, 5.41) is 6.18. The van der Waals surface area contributed by atoms with Crippen LogP contribution in [-0.2, 0) is 17.6 Å². The molecule has 0 aliphatic heterocycles. The minimum absolute atomic E-state index is 0.0298. The summed E-state index contributed by atoms with van der Waals surface area (Å²) in [7, 11) is 0. The van der Waals surface area contributed by atoms with Crippen LogP contribution in [-0.4, -0.2) is 28.6 Å². The molecule has 6 nitrogen and oxygen atoms in total. The Morgan fingerprint density at radius 2 is 1.97 bits per heavy atom. The van der Waals surface area contributed by atoms with Crippen LogP contribution in [0.3, 0.4) is 0 Å². The zero-order valence-electron chi connectivity index (χ0n) is 20.8. The topological polar surface area (TPSA) is 91.1 Å². The number of nitrogens with one attached hydrogen (secondary N) is 3. The molecule has 2 aliphatic carbocycles. The number of amides is 2. The van der Waals surface area contributed by atoms with E-state index in [1.807, 2.05) is 19.1 Å². The van der Waals surface area contributed by atoms with Crippen molar-refractivity contribution < 1.29 is 14.4 Å². The van der Waals surface area contributed by atoms with Gasteiger partial charge in [0.25, 0.3) is 5.91 Å². The summed E-state index contributed by atoms with van der Waals surface area (Å²) in [6.07, 6.45) is 6.52. The molecule has 0 saturated carbocycles. The summed E-state index contributed by atoms with van der Waals surface area (Å²) in [4.78, 5) is 42.6. The van der Waals surface area contributed by atoms with E-state index in [0.717, 1.165) is 44.2 Å². The van der Waals surface area contributed by atoms with Crippen LogP contribution in [0, 0.1) is 12.3 Å². The van der Waals surface area contributed by atoms with Crippen LogP contribution in [0.5, 0.6) is 0 Å². The van der Waals surface area contributed by atoms with Crippen LogP contribution in [0.4, 0.5) is 0 Å². The molecule has 4 rings (SSSR count). The van der Waals surface area contributed by atoms with Gasteiger partial charge in [0.15, 0.2) is 5.78 Å². The molecule has 1 heterocycles. The van der Waals surface area contributed by atoms with Gasteiger partial charge in [0.05, 0.1) is 6.04 Å². The van der Waals surface area contributed by atoms with E-state index in [2.05, 4.69) is 48.5 Å². The van der Waals surface area contributed by atoms with E-state index in [9.17, 15) is 14.4 Å². The molecule has 2 amide bonds. The fourth-order valence-electron chi connectivity index (χ4n) is 5.54. The number of aromatic nitrogens is 1. The van der Waals surface area contributed by atoms with Crippen LogP contribution in [0.2, 0.25) is 0 Å². The van der Waals surface area contributed by atoms with Crippen molar-refractivity contribution in [2.24, 2.45) is 5.41 Å². The number of aryl methyl sites for hydroxylation is 1. The third kappa shape index (κ3) is 4.96. The maximum atomic E-state index is 13.3. The number of fused-ring (bicyclic) bond motifs is 2.